The van der Waals surface area contributed by atoms with Crippen molar-refractivity contribution in [2.75, 3.05) is 6.61 Å². The van der Waals surface area contributed by atoms with Crippen molar-refractivity contribution in [2.45, 2.75) is 31.4 Å². The van der Waals surface area contributed by atoms with Crippen LogP contribution < -0.4 is 5.73 Å². The van der Waals surface area contributed by atoms with Crippen LogP contribution in [0.2, 0.25) is 0 Å². The van der Waals surface area contributed by atoms with E-state index in [4.69, 9.17) is 15.0 Å². The zero-order chi connectivity index (χ0) is 14.1. The van der Waals surface area contributed by atoms with E-state index in [9.17, 15) is 0 Å². The highest BCUT2D eigenvalue weighted by molar-refractivity contribution is 9.12. The van der Waals surface area contributed by atoms with E-state index < -0.39 is 0 Å². The minimum atomic E-state index is -0.353. The lowest BCUT2D eigenvalue weighted by Crippen LogP contribution is -2.27. The molecule has 5 nitrogen and oxygen atoms in total. The summed E-state index contributed by atoms with van der Waals surface area (Å²) in [5.74, 6) is 0.946. The number of hydrogen-bond acceptors (Lipinski definition) is 6. The number of nitrogens with zero attached hydrogens (tertiary/aromatic N) is 2. The van der Waals surface area contributed by atoms with Crippen LogP contribution in [-0.2, 0) is 4.74 Å². The Morgan fingerprint density at radius 2 is 2.30 bits per heavy atom. The molecule has 2 heterocycles. The van der Waals surface area contributed by atoms with Gasteiger partial charge in [-0.3, -0.25) is 0 Å². The van der Waals surface area contributed by atoms with Gasteiger partial charge in [0.05, 0.1) is 31.9 Å². The molecule has 2 aromatic heterocycles. The average Bonchev–Trinajstić information content (AvgIpc) is 2.93. The standard InChI is InChI=1S/C12H13Br2N3O2S/c13-9-4-7(10(14)20-9)12-16-11(17-19-12)8(15)5-18-6-2-1-3-6/h4,6,8H,1-3,5,15H2. The summed E-state index contributed by atoms with van der Waals surface area (Å²) in [6.45, 7) is 0.429. The zero-order valence-corrected chi connectivity index (χ0v) is 14.5. The first kappa shape index (κ1) is 14.6. The van der Waals surface area contributed by atoms with Crippen LogP contribution in [0.5, 0.6) is 0 Å². The van der Waals surface area contributed by atoms with Crippen molar-refractivity contribution in [3.8, 4) is 11.5 Å². The summed E-state index contributed by atoms with van der Waals surface area (Å²) in [4.78, 5) is 4.35. The summed E-state index contributed by atoms with van der Waals surface area (Å²) in [5, 5.41) is 3.94. The first-order chi connectivity index (χ1) is 9.63. The van der Waals surface area contributed by atoms with Crippen LogP contribution >= 0.6 is 43.2 Å². The summed E-state index contributed by atoms with van der Waals surface area (Å²) in [6, 6.07) is 1.58. The number of ether oxygens (including phenoxy) is 1. The Morgan fingerprint density at radius 3 is 2.90 bits per heavy atom. The molecule has 1 aliphatic carbocycles. The predicted molar refractivity (Wildman–Crippen MR) is 83.5 cm³/mol. The Hall–Kier alpha value is -0.280. The van der Waals surface area contributed by atoms with Gasteiger partial charge >= 0.3 is 0 Å². The summed E-state index contributed by atoms with van der Waals surface area (Å²) in [5.41, 5.74) is 6.90. The lowest BCUT2D eigenvalue weighted by molar-refractivity contribution is -0.00549. The Labute approximate surface area is 137 Å². The number of aromatic nitrogens is 2. The van der Waals surface area contributed by atoms with Crippen LogP contribution in [0, 0.1) is 0 Å². The zero-order valence-electron chi connectivity index (χ0n) is 10.5. The first-order valence-corrected chi connectivity index (χ1v) is 8.69. The fourth-order valence-electron chi connectivity index (χ4n) is 1.83. The Bertz CT molecular complexity index is 597. The van der Waals surface area contributed by atoms with Crippen molar-refractivity contribution in [2.24, 2.45) is 5.73 Å². The van der Waals surface area contributed by atoms with E-state index in [1.165, 1.54) is 6.42 Å². The highest BCUT2D eigenvalue weighted by Crippen LogP contribution is 2.38. The minimum absolute atomic E-state index is 0.353. The van der Waals surface area contributed by atoms with Crippen molar-refractivity contribution < 1.29 is 9.26 Å². The van der Waals surface area contributed by atoms with Crippen molar-refractivity contribution >= 4 is 43.2 Å². The summed E-state index contributed by atoms with van der Waals surface area (Å²) >= 11 is 8.45. The Morgan fingerprint density at radius 1 is 1.50 bits per heavy atom. The number of halogens is 2. The topological polar surface area (TPSA) is 74.2 Å². The summed E-state index contributed by atoms with van der Waals surface area (Å²) in [6.07, 6.45) is 3.85. The van der Waals surface area contributed by atoms with E-state index in [0.717, 1.165) is 26.0 Å². The molecule has 2 N–H and O–H groups in total. The fraction of sp³-hybridized carbons (Fsp3) is 0.500. The molecule has 1 unspecified atom stereocenters. The second-order valence-electron chi connectivity index (χ2n) is 4.69. The predicted octanol–water partition coefficient (Wildman–Crippen LogP) is 3.89. The van der Waals surface area contributed by atoms with Crippen LogP contribution in [0.3, 0.4) is 0 Å². The van der Waals surface area contributed by atoms with Gasteiger partial charge in [-0.05, 0) is 57.2 Å². The van der Waals surface area contributed by atoms with E-state index in [1.54, 1.807) is 11.3 Å². The Kier molecular flexibility index (Phi) is 4.56. The van der Waals surface area contributed by atoms with Gasteiger partial charge in [0.25, 0.3) is 5.89 Å². The van der Waals surface area contributed by atoms with Gasteiger partial charge in [0.2, 0.25) is 0 Å². The largest absolute Gasteiger partial charge is 0.376 e. The molecule has 1 atom stereocenters. The van der Waals surface area contributed by atoms with Crippen molar-refractivity contribution in [1.82, 2.24) is 10.1 Å². The third-order valence-corrected chi connectivity index (χ3v) is 5.56. The van der Waals surface area contributed by atoms with E-state index in [1.807, 2.05) is 6.07 Å². The van der Waals surface area contributed by atoms with Gasteiger partial charge in [0, 0.05) is 0 Å². The number of thiophene rings is 1. The van der Waals surface area contributed by atoms with E-state index >= 15 is 0 Å². The lowest BCUT2D eigenvalue weighted by Gasteiger charge is -2.26. The highest BCUT2D eigenvalue weighted by atomic mass is 79.9. The maximum Gasteiger partial charge on any atom is 0.260 e. The maximum atomic E-state index is 6.03. The lowest BCUT2D eigenvalue weighted by atomic mass is 9.96. The molecule has 3 rings (SSSR count). The van der Waals surface area contributed by atoms with Gasteiger partial charge in [-0.1, -0.05) is 5.16 Å². The molecule has 0 amide bonds. The van der Waals surface area contributed by atoms with E-state index in [0.29, 0.717) is 24.4 Å². The molecular weight excluding hydrogens is 410 g/mol. The van der Waals surface area contributed by atoms with Crippen LogP contribution in [0.25, 0.3) is 11.5 Å². The first-order valence-electron chi connectivity index (χ1n) is 6.29. The fourth-order valence-corrected chi connectivity index (χ4v) is 4.61. The van der Waals surface area contributed by atoms with Crippen molar-refractivity contribution in [1.29, 1.82) is 0 Å². The molecule has 8 heteroatoms. The molecular formula is C12H13Br2N3O2S. The van der Waals surface area contributed by atoms with Crippen molar-refractivity contribution in [3.05, 3.63) is 19.5 Å². The third-order valence-electron chi connectivity index (χ3n) is 3.22. The molecule has 0 aliphatic heterocycles. The Balaban J connectivity index is 1.67. The molecule has 0 spiro atoms. The normalized spacial score (nSPS) is 17.1. The van der Waals surface area contributed by atoms with Gasteiger partial charge in [-0.25, -0.2) is 0 Å². The SMILES string of the molecule is NC(COC1CCC1)c1noc(-c2cc(Br)sc2Br)n1. The van der Waals surface area contributed by atoms with Crippen LogP contribution in [0.15, 0.2) is 18.2 Å². The van der Waals surface area contributed by atoms with E-state index in [-0.39, 0.29) is 6.04 Å². The van der Waals surface area contributed by atoms with Gasteiger partial charge in [-0.15, -0.1) is 11.3 Å². The van der Waals surface area contributed by atoms with E-state index in [2.05, 4.69) is 42.0 Å². The smallest absolute Gasteiger partial charge is 0.260 e. The molecule has 1 aliphatic rings. The molecule has 20 heavy (non-hydrogen) atoms. The number of nitrogens with two attached hydrogens (primary N) is 1. The van der Waals surface area contributed by atoms with Gasteiger partial charge in [0.1, 0.15) is 0 Å². The highest BCUT2D eigenvalue weighted by Gasteiger charge is 2.22. The minimum Gasteiger partial charge on any atom is -0.376 e. The monoisotopic (exact) mass is 421 g/mol. The van der Waals surface area contributed by atoms with Crippen LogP contribution in [0.4, 0.5) is 0 Å². The second kappa shape index (κ2) is 6.23. The maximum absolute atomic E-state index is 6.03. The molecule has 1 fully saturated rings. The van der Waals surface area contributed by atoms with Crippen molar-refractivity contribution in [3.63, 3.8) is 0 Å². The summed E-state index contributed by atoms with van der Waals surface area (Å²) in [7, 11) is 0. The third kappa shape index (κ3) is 3.14. The molecule has 2 aromatic rings. The molecule has 0 bridgehead atoms. The quantitative estimate of drug-likeness (QED) is 0.790. The van der Waals surface area contributed by atoms with Crippen LogP contribution in [0.1, 0.15) is 31.1 Å². The number of hydrogen-bond donors (Lipinski definition) is 1. The average molecular weight is 423 g/mol. The summed E-state index contributed by atoms with van der Waals surface area (Å²) < 4.78 is 12.9. The molecule has 1 saturated carbocycles. The second-order valence-corrected chi connectivity index (χ2v) is 8.44. The van der Waals surface area contributed by atoms with Gasteiger partial charge in [0.15, 0.2) is 5.82 Å². The molecule has 108 valence electrons. The van der Waals surface area contributed by atoms with Gasteiger partial charge in [-0.2, -0.15) is 4.98 Å². The van der Waals surface area contributed by atoms with Crippen LogP contribution in [-0.4, -0.2) is 22.9 Å². The molecule has 0 radical (unpaired) electrons. The van der Waals surface area contributed by atoms with Gasteiger partial charge < -0.3 is 15.0 Å². The number of rotatable bonds is 5. The molecule has 0 aromatic carbocycles. The molecule has 0 saturated heterocycles.